The van der Waals surface area contributed by atoms with Crippen LogP contribution in [-0.4, -0.2) is 48.5 Å². The van der Waals surface area contributed by atoms with Crippen molar-refractivity contribution in [3.05, 3.63) is 23.8 Å². The van der Waals surface area contributed by atoms with Crippen LogP contribution >= 0.6 is 11.8 Å². The van der Waals surface area contributed by atoms with Gasteiger partial charge in [-0.3, -0.25) is 14.7 Å². The number of amides is 1. The van der Waals surface area contributed by atoms with Gasteiger partial charge in [-0.05, 0) is 56.8 Å². The highest BCUT2D eigenvalue weighted by atomic mass is 32.2. The van der Waals surface area contributed by atoms with E-state index in [2.05, 4.69) is 50.9 Å². The number of carbonyl (C=O) groups excluding carboxylic acids is 1. The highest BCUT2D eigenvalue weighted by Gasteiger charge is 2.26. The van der Waals surface area contributed by atoms with Crippen molar-refractivity contribution in [3.63, 3.8) is 0 Å². The largest absolute Gasteiger partial charge is 0.378 e. The summed E-state index contributed by atoms with van der Waals surface area (Å²) >= 11 is 1.63. The van der Waals surface area contributed by atoms with Crippen LogP contribution in [0.1, 0.15) is 31.4 Å². The van der Waals surface area contributed by atoms with Gasteiger partial charge in [0, 0.05) is 18.2 Å². The number of piperidine rings is 1. The van der Waals surface area contributed by atoms with Crippen LogP contribution in [0, 0.1) is 5.92 Å². The minimum atomic E-state index is 0.367. The fourth-order valence-electron chi connectivity index (χ4n) is 3.50. The van der Waals surface area contributed by atoms with Crippen LogP contribution < -0.4 is 10.7 Å². The van der Waals surface area contributed by atoms with Crippen LogP contribution in [-0.2, 0) is 4.79 Å². The molecule has 0 aromatic heterocycles. The van der Waals surface area contributed by atoms with Gasteiger partial charge in [-0.25, -0.2) is 5.43 Å². The van der Waals surface area contributed by atoms with E-state index in [9.17, 15) is 4.79 Å². The Bertz CT molecular complexity index is 667. The molecule has 1 unspecified atom stereocenters. The number of aliphatic imine (C=N–C) groups is 1. The van der Waals surface area contributed by atoms with Crippen molar-refractivity contribution >= 4 is 40.8 Å². The van der Waals surface area contributed by atoms with Crippen LogP contribution in [0.5, 0.6) is 0 Å². The van der Waals surface area contributed by atoms with Crippen molar-refractivity contribution in [2.45, 2.75) is 25.8 Å². The van der Waals surface area contributed by atoms with Crippen molar-refractivity contribution in [1.29, 1.82) is 0 Å². The van der Waals surface area contributed by atoms with Gasteiger partial charge in [0.2, 0.25) is 6.41 Å². The monoisotopic (exact) mass is 359 g/mol. The number of thioether (sulfide) groups is 1. The lowest BCUT2D eigenvalue weighted by atomic mass is 9.95. The molecule has 0 aliphatic carbocycles. The summed E-state index contributed by atoms with van der Waals surface area (Å²) in [5.74, 6) is 0.434. The summed E-state index contributed by atoms with van der Waals surface area (Å²) in [5, 5.41) is 8.54. The van der Waals surface area contributed by atoms with E-state index in [0.717, 1.165) is 48.9 Å². The van der Waals surface area contributed by atoms with Crippen molar-refractivity contribution in [2.24, 2.45) is 16.0 Å². The van der Waals surface area contributed by atoms with Gasteiger partial charge in [0.25, 0.3) is 0 Å². The first-order chi connectivity index (χ1) is 12.2. The molecule has 1 amide bonds. The van der Waals surface area contributed by atoms with Gasteiger partial charge in [0.15, 0.2) is 0 Å². The maximum absolute atomic E-state index is 10.5. The number of benzene rings is 1. The molecule has 2 N–H and O–H groups in total. The van der Waals surface area contributed by atoms with Gasteiger partial charge >= 0.3 is 0 Å². The molecule has 1 aromatic rings. The minimum absolute atomic E-state index is 0.367. The summed E-state index contributed by atoms with van der Waals surface area (Å²) in [6, 6.07) is 6.89. The van der Waals surface area contributed by atoms with Crippen molar-refractivity contribution in [2.75, 3.05) is 31.2 Å². The Morgan fingerprint density at radius 2 is 2.28 bits per heavy atom. The van der Waals surface area contributed by atoms with E-state index in [1.165, 1.54) is 5.56 Å². The molecule has 1 aromatic carbocycles. The Labute approximate surface area is 153 Å². The number of carbonyl (C=O) groups is 1. The molecule has 0 saturated carbocycles. The van der Waals surface area contributed by atoms with Gasteiger partial charge < -0.3 is 5.32 Å². The summed E-state index contributed by atoms with van der Waals surface area (Å²) in [6.45, 7) is 5.13. The standard InChI is InChI=1S/C18H25N5OS/c1-13(15-3-4-16-17(11-15)20-8-7-19-16)23-9-5-14(6-10-23)18(25-2)22-21-12-24/h3-4,8,11-14,19H,5-7,9-10H2,1-2H3,(H,21,24)/b22-18-. The number of rotatable bonds is 5. The molecule has 0 bridgehead atoms. The molecule has 25 heavy (non-hydrogen) atoms. The Balaban J connectivity index is 1.63. The minimum Gasteiger partial charge on any atom is -0.378 e. The fraction of sp³-hybridized carbons (Fsp3) is 0.500. The first-order valence-electron chi connectivity index (χ1n) is 8.68. The number of anilines is 1. The van der Waals surface area contributed by atoms with Gasteiger partial charge in [-0.15, -0.1) is 11.8 Å². The molecule has 2 aliphatic heterocycles. The summed E-state index contributed by atoms with van der Waals surface area (Å²) in [4.78, 5) is 17.5. The molecular weight excluding hydrogens is 334 g/mol. The number of hydrazone groups is 1. The van der Waals surface area contributed by atoms with E-state index < -0.39 is 0 Å². The van der Waals surface area contributed by atoms with Gasteiger partial charge in [0.1, 0.15) is 0 Å². The number of hydrogen-bond donors (Lipinski definition) is 2. The van der Waals surface area contributed by atoms with Crippen LogP contribution in [0.25, 0.3) is 0 Å². The van der Waals surface area contributed by atoms with Crippen LogP contribution in [0.4, 0.5) is 11.4 Å². The second-order valence-electron chi connectivity index (χ2n) is 6.36. The van der Waals surface area contributed by atoms with Gasteiger partial charge in [0.05, 0.1) is 23.0 Å². The molecule has 2 aliphatic rings. The molecule has 0 spiro atoms. The van der Waals surface area contributed by atoms with Crippen molar-refractivity contribution in [1.82, 2.24) is 10.3 Å². The molecule has 1 fully saturated rings. The number of hydrogen-bond acceptors (Lipinski definition) is 6. The van der Waals surface area contributed by atoms with Crippen molar-refractivity contribution < 1.29 is 4.79 Å². The van der Waals surface area contributed by atoms with E-state index in [-0.39, 0.29) is 0 Å². The smallest absolute Gasteiger partial charge is 0.227 e. The molecule has 1 atom stereocenters. The van der Waals surface area contributed by atoms with E-state index in [4.69, 9.17) is 0 Å². The average Bonchev–Trinajstić information content (AvgIpc) is 2.68. The molecular formula is C18H25N5OS. The van der Waals surface area contributed by atoms with Crippen LogP contribution in [0.3, 0.4) is 0 Å². The third-order valence-electron chi connectivity index (χ3n) is 4.98. The summed E-state index contributed by atoms with van der Waals surface area (Å²) in [7, 11) is 0. The zero-order chi connectivity index (χ0) is 17.6. The van der Waals surface area contributed by atoms with E-state index >= 15 is 0 Å². The SMILES string of the molecule is CS/C(=N\NC=O)C1CCN(C(C)c2ccc3c(c2)N=CCN3)CC1. The molecule has 1 saturated heterocycles. The maximum Gasteiger partial charge on any atom is 0.227 e. The van der Waals surface area contributed by atoms with E-state index in [1.54, 1.807) is 11.8 Å². The zero-order valence-electron chi connectivity index (χ0n) is 14.7. The molecule has 134 valence electrons. The summed E-state index contributed by atoms with van der Waals surface area (Å²) < 4.78 is 0. The topological polar surface area (TPSA) is 69.1 Å². The Morgan fingerprint density at radius 3 is 3.00 bits per heavy atom. The van der Waals surface area contributed by atoms with E-state index in [0.29, 0.717) is 18.4 Å². The lowest BCUT2D eigenvalue weighted by molar-refractivity contribution is -0.109. The summed E-state index contributed by atoms with van der Waals surface area (Å²) in [6.07, 6.45) is 6.69. The zero-order valence-corrected chi connectivity index (χ0v) is 15.6. The molecule has 7 heteroatoms. The predicted molar refractivity (Wildman–Crippen MR) is 106 cm³/mol. The fourth-order valence-corrected chi connectivity index (χ4v) is 4.22. The summed E-state index contributed by atoms with van der Waals surface area (Å²) in [5.41, 5.74) is 5.89. The Morgan fingerprint density at radius 1 is 1.48 bits per heavy atom. The number of likely N-dealkylation sites (tertiary alicyclic amines) is 1. The van der Waals surface area contributed by atoms with Crippen molar-refractivity contribution in [3.8, 4) is 0 Å². The highest BCUT2D eigenvalue weighted by Crippen LogP contribution is 2.34. The maximum atomic E-state index is 10.5. The van der Waals surface area contributed by atoms with Gasteiger partial charge in [-0.1, -0.05) is 6.07 Å². The Hall–Kier alpha value is -1.86. The first kappa shape index (κ1) is 17.9. The molecule has 6 nitrogen and oxygen atoms in total. The lowest BCUT2D eigenvalue weighted by Gasteiger charge is -2.36. The van der Waals surface area contributed by atoms with Crippen LogP contribution in [0.2, 0.25) is 0 Å². The van der Waals surface area contributed by atoms with E-state index in [1.807, 2.05) is 12.5 Å². The number of fused-ring (bicyclic) bond motifs is 1. The molecule has 2 heterocycles. The third-order valence-corrected chi connectivity index (χ3v) is 5.82. The first-order valence-corrected chi connectivity index (χ1v) is 9.90. The van der Waals surface area contributed by atoms with Crippen LogP contribution in [0.15, 0.2) is 28.3 Å². The number of nitrogens with zero attached hydrogens (tertiary/aromatic N) is 3. The quantitative estimate of drug-likeness (QED) is 0.367. The molecule has 3 rings (SSSR count). The normalized spacial score (nSPS) is 19.8. The second kappa shape index (κ2) is 8.49. The average molecular weight is 359 g/mol. The third kappa shape index (κ3) is 4.22. The number of nitrogens with one attached hydrogen (secondary N) is 2. The second-order valence-corrected chi connectivity index (χ2v) is 7.18. The highest BCUT2D eigenvalue weighted by molar-refractivity contribution is 8.13. The Kier molecular flexibility index (Phi) is 6.09. The molecule has 0 radical (unpaired) electrons. The predicted octanol–water partition coefficient (Wildman–Crippen LogP) is 3.01. The lowest BCUT2D eigenvalue weighted by Crippen LogP contribution is -2.37. The van der Waals surface area contributed by atoms with Gasteiger partial charge in [-0.2, -0.15) is 5.10 Å².